The molecule has 10 heteroatoms. The molecule has 1 aliphatic rings. The summed E-state index contributed by atoms with van der Waals surface area (Å²) in [6.45, 7) is 2.08. The molecule has 32 heavy (non-hydrogen) atoms. The normalized spacial score (nSPS) is 13.0. The van der Waals surface area contributed by atoms with Crippen LogP contribution in [-0.4, -0.2) is 49.1 Å². The molecule has 0 spiro atoms. The molecule has 1 N–H and O–H groups in total. The van der Waals surface area contributed by atoms with Crippen LogP contribution in [0.15, 0.2) is 61.1 Å². The quantitative estimate of drug-likeness (QED) is 0.662. The second-order valence-corrected chi connectivity index (χ2v) is 7.06. The van der Waals surface area contributed by atoms with Crippen molar-refractivity contribution in [2.75, 3.05) is 6.54 Å². The van der Waals surface area contributed by atoms with Gasteiger partial charge in [0.2, 0.25) is 5.91 Å². The fourth-order valence-corrected chi connectivity index (χ4v) is 3.27. The third-order valence-corrected chi connectivity index (χ3v) is 4.89. The Labute approximate surface area is 182 Å². The Hall–Kier alpha value is -3.69. The van der Waals surface area contributed by atoms with Crippen LogP contribution >= 0.6 is 0 Å². The SMILES string of the molecule is O=C(CCc1ccccc1)N1CCn2c(-c3cccnc3)cnc2C1.O=C(O)C(F)(F)F. The number of alkyl halides is 3. The summed E-state index contributed by atoms with van der Waals surface area (Å²) in [6.07, 6.45) is 1.74. The number of carboxylic acids is 1. The maximum Gasteiger partial charge on any atom is 0.490 e. The average molecular weight is 446 g/mol. The van der Waals surface area contributed by atoms with E-state index in [1.807, 2.05) is 47.6 Å². The van der Waals surface area contributed by atoms with E-state index in [1.54, 1.807) is 6.20 Å². The van der Waals surface area contributed by atoms with Crippen LogP contribution in [0.1, 0.15) is 17.8 Å². The number of amides is 1. The topological polar surface area (TPSA) is 88.3 Å². The smallest absolute Gasteiger partial charge is 0.475 e. The maximum absolute atomic E-state index is 12.5. The molecule has 0 saturated heterocycles. The van der Waals surface area contributed by atoms with Crippen LogP contribution in [0.25, 0.3) is 11.3 Å². The number of halogens is 3. The third kappa shape index (κ3) is 5.93. The van der Waals surface area contributed by atoms with Crippen molar-refractivity contribution in [1.82, 2.24) is 19.4 Å². The van der Waals surface area contributed by atoms with Crippen LogP contribution in [-0.2, 0) is 29.1 Å². The van der Waals surface area contributed by atoms with E-state index in [2.05, 4.69) is 26.7 Å². The molecule has 1 aromatic carbocycles. The van der Waals surface area contributed by atoms with Gasteiger partial charge in [-0.3, -0.25) is 9.78 Å². The van der Waals surface area contributed by atoms with Gasteiger partial charge in [0, 0.05) is 37.5 Å². The Kier molecular flexibility index (Phi) is 7.24. The minimum Gasteiger partial charge on any atom is -0.475 e. The lowest BCUT2D eigenvalue weighted by Crippen LogP contribution is -2.38. The van der Waals surface area contributed by atoms with Gasteiger partial charge in [0.1, 0.15) is 5.82 Å². The Morgan fingerprint density at radius 3 is 2.38 bits per heavy atom. The zero-order chi connectivity index (χ0) is 23.1. The number of benzene rings is 1. The van der Waals surface area contributed by atoms with Crippen LogP contribution in [0.3, 0.4) is 0 Å². The Balaban J connectivity index is 0.000000360. The van der Waals surface area contributed by atoms with Crippen LogP contribution in [0, 0.1) is 0 Å². The molecule has 1 amide bonds. The number of rotatable bonds is 4. The highest BCUT2D eigenvalue weighted by Crippen LogP contribution is 2.23. The summed E-state index contributed by atoms with van der Waals surface area (Å²) in [5.41, 5.74) is 3.33. The summed E-state index contributed by atoms with van der Waals surface area (Å²) >= 11 is 0. The van der Waals surface area contributed by atoms with Gasteiger partial charge >= 0.3 is 12.1 Å². The number of hydrogen-bond donors (Lipinski definition) is 1. The molecule has 0 unspecified atom stereocenters. The van der Waals surface area contributed by atoms with E-state index in [0.29, 0.717) is 13.0 Å². The number of imidazole rings is 1. The van der Waals surface area contributed by atoms with Gasteiger partial charge in [0.15, 0.2) is 0 Å². The van der Waals surface area contributed by atoms with Crippen molar-refractivity contribution in [3.8, 4) is 11.3 Å². The van der Waals surface area contributed by atoms with E-state index in [9.17, 15) is 18.0 Å². The number of aliphatic carboxylic acids is 1. The van der Waals surface area contributed by atoms with Gasteiger partial charge in [-0.05, 0) is 24.1 Å². The van der Waals surface area contributed by atoms with E-state index in [1.165, 1.54) is 5.56 Å². The summed E-state index contributed by atoms with van der Waals surface area (Å²) in [6, 6.07) is 14.1. The first-order valence-electron chi connectivity index (χ1n) is 9.82. The standard InChI is InChI=1S/C20H20N4O.C2HF3O2/c25-20(9-8-16-5-2-1-3-6-16)23-11-12-24-18(14-22-19(24)15-23)17-7-4-10-21-13-17;3-2(4,5)1(6)7/h1-7,10,13-14H,8-9,11-12,15H2;(H,6,7). The molecule has 168 valence electrons. The molecular formula is C22H21F3N4O3. The second kappa shape index (κ2) is 10.1. The van der Waals surface area contributed by atoms with Crippen molar-refractivity contribution in [2.45, 2.75) is 32.1 Å². The Bertz CT molecular complexity index is 1050. The molecule has 4 rings (SSSR count). The molecule has 3 aromatic rings. The van der Waals surface area contributed by atoms with E-state index in [0.717, 1.165) is 36.6 Å². The zero-order valence-electron chi connectivity index (χ0n) is 17.0. The minimum absolute atomic E-state index is 0.195. The number of carbonyl (C=O) groups is 2. The van der Waals surface area contributed by atoms with E-state index in [-0.39, 0.29) is 5.91 Å². The van der Waals surface area contributed by atoms with E-state index in [4.69, 9.17) is 9.90 Å². The van der Waals surface area contributed by atoms with E-state index < -0.39 is 12.1 Å². The highest BCUT2D eigenvalue weighted by atomic mass is 19.4. The molecule has 1 aliphatic heterocycles. The Morgan fingerprint density at radius 1 is 1.03 bits per heavy atom. The number of fused-ring (bicyclic) bond motifs is 1. The van der Waals surface area contributed by atoms with Gasteiger partial charge in [0.25, 0.3) is 0 Å². The maximum atomic E-state index is 12.5. The Morgan fingerprint density at radius 2 is 1.75 bits per heavy atom. The van der Waals surface area contributed by atoms with Crippen molar-refractivity contribution < 1.29 is 27.9 Å². The minimum atomic E-state index is -5.08. The van der Waals surface area contributed by atoms with Crippen molar-refractivity contribution in [2.24, 2.45) is 0 Å². The first kappa shape index (κ1) is 23.0. The lowest BCUT2D eigenvalue weighted by molar-refractivity contribution is -0.192. The van der Waals surface area contributed by atoms with Crippen LogP contribution in [0.2, 0.25) is 0 Å². The molecule has 0 atom stereocenters. The lowest BCUT2D eigenvalue weighted by Gasteiger charge is -2.28. The van der Waals surface area contributed by atoms with Crippen molar-refractivity contribution >= 4 is 11.9 Å². The highest BCUT2D eigenvalue weighted by molar-refractivity contribution is 5.76. The highest BCUT2D eigenvalue weighted by Gasteiger charge is 2.38. The monoisotopic (exact) mass is 446 g/mol. The predicted molar refractivity (Wildman–Crippen MR) is 109 cm³/mol. The molecule has 3 heterocycles. The number of pyridine rings is 1. The summed E-state index contributed by atoms with van der Waals surface area (Å²) < 4.78 is 33.9. The van der Waals surface area contributed by atoms with Crippen molar-refractivity contribution in [3.63, 3.8) is 0 Å². The number of aryl methyl sites for hydroxylation is 1. The fourth-order valence-electron chi connectivity index (χ4n) is 3.27. The van der Waals surface area contributed by atoms with Gasteiger partial charge in [-0.25, -0.2) is 9.78 Å². The van der Waals surface area contributed by atoms with Crippen molar-refractivity contribution in [1.29, 1.82) is 0 Å². The molecule has 0 saturated carbocycles. The van der Waals surface area contributed by atoms with Crippen LogP contribution in [0.5, 0.6) is 0 Å². The number of carboxylic acid groups (broad SMARTS) is 1. The zero-order valence-corrected chi connectivity index (χ0v) is 17.0. The number of nitrogens with zero attached hydrogens (tertiary/aromatic N) is 4. The van der Waals surface area contributed by atoms with Crippen LogP contribution in [0.4, 0.5) is 13.2 Å². The van der Waals surface area contributed by atoms with Gasteiger partial charge < -0.3 is 14.6 Å². The molecule has 0 radical (unpaired) electrons. The summed E-state index contributed by atoms with van der Waals surface area (Å²) in [5, 5.41) is 7.12. The lowest BCUT2D eigenvalue weighted by atomic mass is 10.1. The van der Waals surface area contributed by atoms with Gasteiger partial charge in [-0.1, -0.05) is 30.3 Å². The number of hydrogen-bond acceptors (Lipinski definition) is 4. The average Bonchev–Trinajstić information content (AvgIpc) is 3.22. The molecule has 0 bridgehead atoms. The van der Waals surface area contributed by atoms with E-state index >= 15 is 0 Å². The summed E-state index contributed by atoms with van der Waals surface area (Å²) in [7, 11) is 0. The molecule has 0 fully saturated rings. The fraction of sp³-hybridized carbons (Fsp3) is 0.273. The number of carbonyl (C=O) groups excluding carboxylic acids is 1. The van der Waals surface area contributed by atoms with Gasteiger partial charge in [-0.15, -0.1) is 0 Å². The predicted octanol–water partition coefficient (Wildman–Crippen LogP) is 3.55. The third-order valence-electron chi connectivity index (χ3n) is 4.89. The van der Waals surface area contributed by atoms with Crippen molar-refractivity contribution in [3.05, 3.63) is 72.4 Å². The van der Waals surface area contributed by atoms with Gasteiger partial charge in [0.05, 0.1) is 18.4 Å². The first-order valence-corrected chi connectivity index (χ1v) is 9.82. The summed E-state index contributed by atoms with van der Waals surface area (Å²) in [4.78, 5) is 32.1. The number of aromatic nitrogens is 3. The molecule has 2 aromatic heterocycles. The van der Waals surface area contributed by atoms with Gasteiger partial charge in [-0.2, -0.15) is 13.2 Å². The molecule has 7 nitrogen and oxygen atoms in total. The summed E-state index contributed by atoms with van der Waals surface area (Å²) in [5.74, 6) is -1.62. The van der Waals surface area contributed by atoms with Crippen LogP contribution < -0.4 is 0 Å². The largest absolute Gasteiger partial charge is 0.490 e. The molecule has 0 aliphatic carbocycles. The second-order valence-electron chi connectivity index (χ2n) is 7.06. The first-order chi connectivity index (χ1) is 15.3. The molecular weight excluding hydrogens is 425 g/mol.